The number of hydrogen-bond acceptors (Lipinski definition) is 9. The molecule has 1 saturated heterocycles. The summed E-state index contributed by atoms with van der Waals surface area (Å²) in [6.45, 7) is 1.36. The van der Waals surface area contributed by atoms with E-state index in [1.165, 1.54) is 6.20 Å². The van der Waals surface area contributed by atoms with Crippen molar-refractivity contribution in [1.82, 2.24) is 15.0 Å². The van der Waals surface area contributed by atoms with Gasteiger partial charge in [-0.05, 0) is 36.4 Å². The summed E-state index contributed by atoms with van der Waals surface area (Å²) in [5.74, 6) is 0.994. The Balaban J connectivity index is 1.50. The third-order valence-corrected chi connectivity index (χ3v) is 5.28. The Morgan fingerprint density at radius 2 is 2.09 bits per heavy atom. The third kappa shape index (κ3) is 5.54. The number of nitrogens with two attached hydrogens (primary N) is 1. The van der Waals surface area contributed by atoms with Gasteiger partial charge in [0.1, 0.15) is 17.9 Å². The monoisotopic (exact) mass is 455 g/mol. The van der Waals surface area contributed by atoms with Gasteiger partial charge >= 0.3 is 0 Å². The van der Waals surface area contributed by atoms with Crippen LogP contribution in [0.4, 0.5) is 11.6 Å². The summed E-state index contributed by atoms with van der Waals surface area (Å²) in [5.41, 5.74) is 9.75. The predicted octanol–water partition coefficient (Wildman–Crippen LogP) is 3.71. The first-order chi connectivity index (χ1) is 16.7. The second-order valence-electron chi connectivity index (χ2n) is 7.58. The molecule has 0 aliphatic carbocycles. The van der Waals surface area contributed by atoms with E-state index < -0.39 is 0 Å². The fourth-order valence-corrected chi connectivity index (χ4v) is 3.53. The van der Waals surface area contributed by atoms with Crippen molar-refractivity contribution in [2.45, 2.75) is 18.9 Å². The van der Waals surface area contributed by atoms with Gasteiger partial charge in [-0.1, -0.05) is 0 Å². The van der Waals surface area contributed by atoms with Crippen LogP contribution >= 0.6 is 0 Å². The van der Waals surface area contributed by atoms with E-state index in [1.807, 2.05) is 24.3 Å². The quantitative estimate of drug-likeness (QED) is 0.516. The van der Waals surface area contributed by atoms with Crippen LogP contribution in [0.1, 0.15) is 24.1 Å². The van der Waals surface area contributed by atoms with Crippen LogP contribution in [0.25, 0.3) is 16.8 Å². The predicted molar refractivity (Wildman–Crippen MR) is 131 cm³/mol. The standard InChI is InChI=1S/C25H25N7O2/c1-28-15-19(14-27)22-4-3-20(16-30-22)31-25-29-9-6-23(32-25)17-2-5-24(18(12-17)13-26)34-21-7-10-33-11-8-21/h2-6,9,12,14-16,21H,7-8,10-11,27H2,1H3,(H,29,31,32). The van der Waals surface area contributed by atoms with Crippen LogP contribution < -0.4 is 15.8 Å². The SMILES string of the molecule is CN=CC(=CN)c1ccc(Nc2nccc(-c3ccc(OC4CCOCC4)c(C#N)c3)n2)cn1. The Morgan fingerprint density at radius 1 is 1.24 bits per heavy atom. The molecule has 2 aromatic heterocycles. The summed E-state index contributed by atoms with van der Waals surface area (Å²) in [5, 5.41) is 12.8. The van der Waals surface area contributed by atoms with E-state index in [0.29, 0.717) is 41.9 Å². The van der Waals surface area contributed by atoms with Gasteiger partial charge in [-0.3, -0.25) is 9.98 Å². The van der Waals surface area contributed by atoms with Crippen molar-refractivity contribution in [3.05, 3.63) is 66.2 Å². The van der Waals surface area contributed by atoms with Gasteiger partial charge in [-0.15, -0.1) is 0 Å². The molecule has 0 spiro atoms. The van der Waals surface area contributed by atoms with Crippen LogP contribution in [0.15, 0.2) is 60.0 Å². The first kappa shape index (κ1) is 22.9. The van der Waals surface area contributed by atoms with Gasteiger partial charge in [0.2, 0.25) is 5.95 Å². The lowest BCUT2D eigenvalue weighted by molar-refractivity contribution is 0.0254. The van der Waals surface area contributed by atoms with Crippen molar-refractivity contribution < 1.29 is 9.47 Å². The topological polar surface area (TPSA) is 131 Å². The van der Waals surface area contributed by atoms with Crippen LogP contribution in [-0.4, -0.2) is 47.5 Å². The zero-order chi connectivity index (χ0) is 23.8. The smallest absolute Gasteiger partial charge is 0.227 e. The molecule has 1 aromatic carbocycles. The highest BCUT2D eigenvalue weighted by atomic mass is 16.5. The summed E-state index contributed by atoms with van der Waals surface area (Å²) >= 11 is 0. The Labute approximate surface area is 198 Å². The first-order valence-electron chi connectivity index (χ1n) is 10.9. The van der Waals surface area contributed by atoms with Crippen molar-refractivity contribution in [1.29, 1.82) is 5.26 Å². The summed E-state index contributed by atoms with van der Waals surface area (Å²) in [6, 6.07) is 13.2. The number of hydrogen-bond donors (Lipinski definition) is 2. The maximum Gasteiger partial charge on any atom is 0.227 e. The minimum absolute atomic E-state index is 0.0623. The van der Waals surface area contributed by atoms with Gasteiger partial charge in [0, 0.05) is 49.6 Å². The van der Waals surface area contributed by atoms with E-state index in [1.54, 1.807) is 37.8 Å². The van der Waals surface area contributed by atoms with E-state index in [2.05, 4.69) is 31.3 Å². The average molecular weight is 456 g/mol. The Kier molecular flexibility index (Phi) is 7.42. The Hall–Kier alpha value is -4.29. The molecule has 34 heavy (non-hydrogen) atoms. The van der Waals surface area contributed by atoms with Crippen molar-refractivity contribution >= 4 is 23.4 Å². The maximum atomic E-state index is 9.65. The van der Waals surface area contributed by atoms with Crippen LogP contribution in [0.3, 0.4) is 0 Å². The van der Waals surface area contributed by atoms with Gasteiger partial charge in [0.05, 0.1) is 42.0 Å². The molecular weight excluding hydrogens is 430 g/mol. The van der Waals surface area contributed by atoms with Gasteiger partial charge in [0.25, 0.3) is 0 Å². The maximum absolute atomic E-state index is 9.65. The highest BCUT2D eigenvalue weighted by molar-refractivity contribution is 6.08. The molecule has 1 fully saturated rings. The number of pyridine rings is 1. The Morgan fingerprint density at radius 3 is 2.79 bits per heavy atom. The molecule has 3 N–H and O–H groups in total. The number of nitriles is 1. The zero-order valence-corrected chi connectivity index (χ0v) is 18.8. The van der Waals surface area contributed by atoms with E-state index in [9.17, 15) is 5.26 Å². The van der Waals surface area contributed by atoms with E-state index in [4.69, 9.17) is 15.2 Å². The second-order valence-corrected chi connectivity index (χ2v) is 7.58. The van der Waals surface area contributed by atoms with Crippen molar-refractivity contribution in [2.75, 3.05) is 25.6 Å². The van der Waals surface area contributed by atoms with Crippen LogP contribution in [0.2, 0.25) is 0 Å². The molecule has 9 heteroatoms. The van der Waals surface area contributed by atoms with Crippen molar-refractivity contribution in [3.63, 3.8) is 0 Å². The summed E-state index contributed by atoms with van der Waals surface area (Å²) in [6.07, 6.45) is 8.15. The minimum atomic E-state index is 0.0623. The molecule has 0 bridgehead atoms. The molecule has 4 rings (SSSR count). The molecule has 0 unspecified atom stereocenters. The minimum Gasteiger partial charge on any atom is -0.489 e. The molecule has 0 atom stereocenters. The summed E-state index contributed by atoms with van der Waals surface area (Å²) in [4.78, 5) is 17.3. The lowest BCUT2D eigenvalue weighted by Gasteiger charge is -2.23. The highest BCUT2D eigenvalue weighted by Crippen LogP contribution is 2.28. The molecule has 1 aliphatic heterocycles. The molecule has 0 radical (unpaired) electrons. The zero-order valence-electron chi connectivity index (χ0n) is 18.8. The summed E-state index contributed by atoms with van der Waals surface area (Å²) in [7, 11) is 1.68. The molecular formula is C25H25N7O2. The molecule has 172 valence electrons. The fraction of sp³-hybridized carbons (Fsp3) is 0.240. The van der Waals surface area contributed by atoms with Crippen LogP contribution in [0, 0.1) is 11.3 Å². The van der Waals surface area contributed by atoms with Crippen LogP contribution in [0.5, 0.6) is 5.75 Å². The molecule has 0 saturated carbocycles. The summed E-state index contributed by atoms with van der Waals surface area (Å²) < 4.78 is 11.4. The molecule has 3 heterocycles. The van der Waals surface area contributed by atoms with Crippen molar-refractivity contribution in [2.24, 2.45) is 10.7 Å². The van der Waals surface area contributed by atoms with Crippen molar-refractivity contribution in [3.8, 4) is 23.1 Å². The van der Waals surface area contributed by atoms with Gasteiger partial charge in [-0.25, -0.2) is 9.97 Å². The fourth-order valence-electron chi connectivity index (χ4n) is 3.53. The number of aliphatic imine (C=N–C) groups is 1. The molecule has 3 aromatic rings. The number of anilines is 2. The average Bonchev–Trinajstić information content (AvgIpc) is 2.89. The number of nitrogens with zero attached hydrogens (tertiary/aromatic N) is 5. The van der Waals surface area contributed by atoms with Gasteiger partial charge in [0.15, 0.2) is 0 Å². The number of allylic oxidation sites excluding steroid dienone is 1. The van der Waals surface area contributed by atoms with E-state index >= 15 is 0 Å². The van der Waals surface area contributed by atoms with Crippen LogP contribution in [-0.2, 0) is 4.74 Å². The lowest BCUT2D eigenvalue weighted by Crippen LogP contribution is -2.26. The molecule has 1 aliphatic rings. The molecule has 0 amide bonds. The second kappa shape index (κ2) is 11.0. The van der Waals surface area contributed by atoms with Gasteiger partial charge in [-0.2, -0.15) is 5.26 Å². The van der Waals surface area contributed by atoms with E-state index in [-0.39, 0.29) is 6.10 Å². The normalized spacial score (nSPS) is 14.6. The highest BCUT2D eigenvalue weighted by Gasteiger charge is 2.17. The number of rotatable bonds is 7. The molecule has 9 nitrogen and oxygen atoms in total. The largest absolute Gasteiger partial charge is 0.489 e. The van der Waals surface area contributed by atoms with E-state index in [0.717, 1.165) is 29.7 Å². The lowest BCUT2D eigenvalue weighted by atomic mass is 10.1. The first-order valence-corrected chi connectivity index (χ1v) is 10.9. The Bertz CT molecular complexity index is 1230. The number of nitrogens with one attached hydrogen (secondary N) is 1. The number of benzene rings is 1. The third-order valence-electron chi connectivity index (χ3n) is 5.28. The number of ether oxygens (including phenoxy) is 2. The van der Waals surface area contributed by atoms with Gasteiger partial charge < -0.3 is 20.5 Å². The number of aromatic nitrogens is 3.